The molecule has 2 aromatic carbocycles. The van der Waals surface area contributed by atoms with Crippen LogP contribution in [-0.2, 0) is 12.0 Å². The summed E-state index contributed by atoms with van der Waals surface area (Å²) in [6, 6.07) is 14.8. The minimum Gasteiger partial charge on any atom is -0.494 e. The van der Waals surface area contributed by atoms with Gasteiger partial charge in [-0.1, -0.05) is 39.0 Å². The zero-order valence-electron chi connectivity index (χ0n) is 16.7. The number of aryl methyl sites for hydroxylation is 3. The van der Waals surface area contributed by atoms with Gasteiger partial charge in [-0.2, -0.15) is 0 Å². The minimum absolute atomic E-state index is 0.0363. The predicted octanol–water partition coefficient (Wildman–Crippen LogP) is 5.81. The molecule has 0 aliphatic heterocycles. The zero-order valence-corrected chi connectivity index (χ0v) is 16.7. The van der Waals surface area contributed by atoms with Crippen LogP contribution in [0.15, 0.2) is 42.5 Å². The maximum Gasteiger partial charge on any atom is 0.119 e. The summed E-state index contributed by atoms with van der Waals surface area (Å²) < 4.78 is 8.33. The second-order valence-electron chi connectivity index (χ2n) is 8.20. The van der Waals surface area contributed by atoms with Crippen LogP contribution in [0, 0.1) is 13.8 Å². The molecule has 3 aromatic rings. The summed E-state index contributed by atoms with van der Waals surface area (Å²) in [7, 11) is 0. The Morgan fingerprint density at radius 3 is 2.35 bits per heavy atom. The van der Waals surface area contributed by atoms with Crippen LogP contribution in [0.1, 0.15) is 50.6 Å². The lowest BCUT2D eigenvalue weighted by molar-refractivity contribution is 0.302. The standard InChI is InChI=1S/C23H30N2O/c1-17-14-18(2)16-19(15-17)26-13-9-8-12-25-21-11-7-6-10-20(21)24-22(25)23(3,4)5/h6-7,10-11,14-16H,8-9,12-13H2,1-5H3. The third-order valence-electron chi connectivity index (χ3n) is 4.57. The summed E-state index contributed by atoms with van der Waals surface area (Å²) in [5.74, 6) is 2.14. The van der Waals surface area contributed by atoms with E-state index in [9.17, 15) is 0 Å². The fourth-order valence-electron chi connectivity index (χ4n) is 3.45. The number of nitrogens with zero attached hydrogens (tertiary/aromatic N) is 2. The van der Waals surface area contributed by atoms with Gasteiger partial charge in [-0.25, -0.2) is 4.98 Å². The van der Waals surface area contributed by atoms with Gasteiger partial charge in [0.15, 0.2) is 0 Å². The van der Waals surface area contributed by atoms with Crippen LogP contribution in [0.4, 0.5) is 0 Å². The van der Waals surface area contributed by atoms with Gasteiger partial charge in [0.1, 0.15) is 11.6 Å². The molecule has 0 unspecified atom stereocenters. The second kappa shape index (κ2) is 7.53. The number of aromatic nitrogens is 2. The Balaban J connectivity index is 1.63. The summed E-state index contributed by atoms with van der Waals surface area (Å²) in [4.78, 5) is 4.88. The van der Waals surface area contributed by atoms with Gasteiger partial charge >= 0.3 is 0 Å². The number of imidazole rings is 1. The lowest BCUT2D eigenvalue weighted by atomic mass is 9.95. The smallest absolute Gasteiger partial charge is 0.119 e. The molecular formula is C23H30N2O. The van der Waals surface area contributed by atoms with Crippen molar-refractivity contribution in [1.29, 1.82) is 0 Å². The number of hydrogen-bond acceptors (Lipinski definition) is 2. The molecule has 0 bridgehead atoms. The lowest BCUT2D eigenvalue weighted by Crippen LogP contribution is -2.19. The van der Waals surface area contributed by atoms with Crippen LogP contribution in [0.3, 0.4) is 0 Å². The highest BCUT2D eigenvalue weighted by Gasteiger charge is 2.22. The summed E-state index contributed by atoms with van der Waals surface area (Å²) >= 11 is 0. The van der Waals surface area contributed by atoms with E-state index >= 15 is 0 Å². The van der Waals surface area contributed by atoms with Crippen molar-refractivity contribution in [1.82, 2.24) is 9.55 Å². The third-order valence-corrected chi connectivity index (χ3v) is 4.57. The van der Waals surface area contributed by atoms with Gasteiger partial charge in [0, 0.05) is 12.0 Å². The summed E-state index contributed by atoms with van der Waals surface area (Å²) in [5.41, 5.74) is 4.85. The number of benzene rings is 2. The van der Waals surface area contributed by atoms with E-state index in [1.54, 1.807) is 0 Å². The molecule has 1 aromatic heterocycles. The maximum atomic E-state index is 5.95. The molecule has 0 radical (unpaired) electrons. The van der Waals surface area contributed by atoms with E-state index in [1.807, 2.05) is 0 Å². The first-order valence-electron chi connectivity index (χ1n) is 9.51. The van der Waals surface area contributed by atoms with Crippen molar-refractivity contribution in [3.63, 3.8) is 0 Å². The van der Waals surface area contributed by atoms with Gasteiger partial charge in [-0.15, -0.1) is 0 Å². The summed E-state index contributed by atoms with van der Waals surface area (Å²) in [6.07, 6.45) is 2.11. The van der Waals surface area contributed by atoms with Crippen LogP contribution >= 0.6 is 0 Å². The Morgan fingerprint density at radius 1 is 0.962 bits per heavy atom. The molecule has 0 N–H and O–H groups in total. The van der Waals surface area contributed by atoms with E-state index in [0.717, 1.165) is 43.1 Å². The average Bonchev–Trinajstić information content (AvgIpc) is 2.93. The molecular weight excluding hydrogens is 320 g/mol. The molecule has 3 heteroatoms. The molecule has 0 aliphatic rings. The number of unbranched alkanes of at least 4 members (excludes halogenated alkanes) is 1. The van der Waals surface area contributed by atoms with Gasteiger partial charge in [0.25, 0.3) is 0 Å². The van der Waals surface area contributed by atoms with E-state index in [4.69, 9.17) is 9.72 Å². The Kier molecular flexibility index (Phi) is 5.36. The average molecular weight is 351 g/mol. The van der Waals surface area contributed by atoms with Crippen molar-refractivity contribution >= 4 is 11.0 Å². The molecule has 0 saturated heterocycles. The van der Waals surface area contributed by atoms with E-state index in [0.29, 0.717) is 0 Å². The highest BCUT2D eigenvalue weighted by Crippen LogP contribution is 2.26. The minimum atomic E-state index is 0.0363. The predicted molar refractivity (Wildman–Crippen MR) is 109 cm³/mol. The van der Waals surface area contributed by atoms with Gasteiger partial charge < -0.3 is 9.30 Å². The fraction of sp³-hybridized carbons (Fsp3) is 0.435. The third kappa shape index (κ3) is 4.27. The van der Waals surface area contributed by atoms with E-state index in [1.165, 1.54) is 16.6 Å². The van der Waals surface area contributed by atoms with Gasteiger partial charge in [-0.3, -0.25) is 0 Å². The molecule has 26 heavy (non-hydrogen) atoms. The Morgan fingerprint density at radius 2 is 1.65 bits per heavy atom. The molecule has 1 heterocycles. The van der Waals surface area contributed by atoms with E-state index in [2.05, 4.69) is 81.7 Å². The van der Waals surface area contributed by atoms with Crippen molar-refractivity contribution in [3.8, 4) is 5.75 Å². The number of para-hydroxylation sites is 2. The first kappa shape index (κ1) is 18.5. The number of ether oxygens (including phenoxy) is 1. The van der Waals surface area contributed by atoms with Crippen molar-refractivity contribution < 1.29 is 4.74 Å². The fourth-order valence-corrected chi connectivity index (χ4v) is 3.45. The number of fused-ring (bicyclic) bond motifs is 1. The Hall–Kier alpha value is -2.29. The van der Waals surface area contributed by atoms with Crippen LogP contribution in [-0.4, -0.2) is 16.2 Å². The molecule has 138 valence electrons. The molecule has 0 aliphatic carbocycles. The topological polar surface area (TPSA) is 27.1 Å². The number of rotatable bonds is 6. The molecule has 0 fully saturated rings. The SMILES string of the molecule is Cc1cc(C)cc(OCCCCn2c(C(C)(C)C)nc3ccccc32)c1. The van der Waals surface area contributed by atoms with Gasteiger partial charge in [-0.05, 0) is 62.1 Å². The van der Waals surface area contributed by atoms with Crippen molar-refractivity contribution in [3.05, 3.63) is 59.4 Å². The molecule has 0 atom stereocenters. The second-order valence-corrected chi connectivity index (χ2v) is 8.20. The molecule has 0 saturated carbocycles. The van der Waals surface area contributed by atoms with Crippen LogP contribution < -0.4 is 4.74 Å². The Bertz CT molecular complexity index is 867. The van der Waals surface area contributed by atoms with Crippen LogP contribution in [0.5, 0.6) is 5.75 Å². The quantitative estimate of drug-likeness (QED) is 0.525. The summed E-state index contributed by atoms with van der Waals surface area (Å²) in [6.45, 7) is 12.6. The Labute approximate surface area is 157 Å². The van der Waals surface area contributed by atoms with Crippen LogP contribution in [0.25, 0.3) is 11.0 Å². The maximum absolute atomic E-state index is 5.95. The van der Waals surface area contributed by atoms with E-state index in [-0.39, 0.29) is 5.41 Å². The van der Waals surface area contributed by atoms with Crippen molar-refractivity contribution in [2.24, 2.45) is 0 Å². The monoisotopic (exact) mass is 350 g/mol. The van der Waals surface area contributed by atoms with E-state index < -0.39 is 0 Å². The highest BCUT2D eigenvalue weighted by molar-refractivity contribution is 5.76. The molecule has 0 spiro atoms. The van der Waals surface area contributed by atoms with Gasteiger partial charge in [0.2, 0.25) is 0 Å². The van der Waals surface area contributed by atoms with Crippen molar-refractivity contribution in [2.45, 2.75) is 59.4 Å². The largest absolute Gasteiger partial charge is 0.494 e. The summed E-state index contributed by atoms with van der Waals surface area (Å²) in [5, 5.41) is 0. The van der Waals surface area contributed by atoms with Crippen molar-refractivity contribution in [2.75, 3.05) is 6.61 Å². The molecule has 3 nitrogen and oxygen atoms in total. The van der Waals surface area contributed by atoms with Crippen LogP contribution in [0.2, 0.25) is 0 Å². The zero-order chi connectivity index (χ0) is 18.7. The molecule has 3 rings (SSSR count). The highest BCUT2D eigenvalue weighted by atomic mass is 16.5. The van der Waals surface area contributed by atoms with Gasteiger partial charge in [0.05, 0.1) is 17.6 Å². The first-order valence-corrected chi connectivity index (χ1v) is 9.51. The molecule has 0 amide bonds. The first-order chi connectivity index (χ1) is 12.3. The lowest BCUT2D eigenvalue weighted by Gasteiger charge is -2.20. The normalized spacial score (nSPS) is 11.9. The number of hydrogen-bond donors (Lipinski definition) is 0.